The third kappa shape index (κ3) is 5.29. The minimum Gasteiger partial charge on any atom is -0.427 e. The highest BCUT2D eigenvalue weighted by Gasteiger charge is 2.47. The normalized spacial score (nSPS) is 15.8. The van der Waals surface area contributed by atoms with Crippen LogP contribution in [0.4, 0.5) is 5.69 Å². The molecule has 5 rings (SSSR count). The Balaban J connectivity index is 1.54. The lowest BCUT2D eigenvalue weighted by Crippen LogP contribution is -2.45. The Bertz CT molecular complexity index is 1700. The predicted molar refractivity (Wildman–Crippen MR) is 147 cm³/mol. The Morgan fingerprint density at radius 1 is 0.949 bits per heavy atom. The second-order valence-corrected chi connectivity index (χ2v) is 11.3. The Hall–Kier alpha value is -4.05. The maximum atomic E-state index is 14.1. The maximum Gasteiger partial charge on any atom is 0.308 e. The summed E-state index contributed by atoms with van der Waals surface area (Å²) in [6, 6.07) is 23.4. The monoisotopic (exact) mass is 562 g/mol. The van der Waals surface area contributed by atoms with E-state index in [0.717, 1.165) is 20.0 Å². The number of nitrogens with zero attached hydrogens (tertiary/aromatic N) is 2. The molecule has 0 spiro atoms. The summed E-state index contributed by atoms with van der Waals surface area (Å²) in [6.07, 6.45) is -0.345. The molecule has 1 fully saturated rings. The van der Waals surface area contributed by atoms with Crippen molar-refractivity contribution in [3.05, 3.63) is 102 Å². The number of fused-ring (bicyclic) bond motifs is 1. The molecule has 2 amide bonds. The number of amides is 2. The molecule has 1 unspecified atom stereocenters. The van der Waals surface area contributed by atoms with Gasteiger partial charge in [0.05, 0.1) is 17.0 Å². The van der Waals surface area contributed by atoms with Gasteiger partial charge in [-0.25, -0.2) is 13.3 Å². The molecule has 0 N–H and O–H groups in total. The molecule has 0 bridgehead atoms. The number of esters is 1. The second kappa shape index (κ2) is 10.6. The quantitative estimate of drug-likeness (QED) is 0.180. The van der Waals surface area contributed by atoms with Gasteiger partial charge in [0.1, 0.15) is 11.8 Å². The summed E-state index contributed by atoms with van der Waals surface area (Å²) in [4.78, 5) is 38.9. The lowest BCUT2D eigenvalue weighted by atomic mass is 10.1. The van der Waals surface area contributed by atoms with Crippen LogP contribution in [0.3, 0.4) is 0 Å². The highest BCUT2D eigenvalue weighted by atomic mass is 35.5. The van der Waals surface area contributed by atoms with E-state index < -0.39 is 33.8 Å². The molecule has 1 atom stereocenters. The summed E-state index contributed by atoms with van der Waals surface area (Å²) in [6.45, 7) is 1.05. The largest absolute Gasteiger partial charge is 0.427 e. The lowest BCUT2D eigenvalue weighted by Gasteiger charge is -2.27. The number of halogens is 1. The summed E-state index contributed by atoms with van der Waals surface area (Å²) < 4.78 is 34.2. The van der Waals surface area contributed by atoms with Crippen LogP contribution in [0.1, 0.15) is 18.9 Å². The molecule has 0 saturated carbocycles. The molecule has 4 aromatic carbocycles. The van der Waals surface area contributed by atoms with Crippen LogP contribution in [-0.4, -0.2) is 36.5 Å². The van der Waals surface area contributed by atoms with Crippen LogP contribution >= 0.6 is 11.6 Å². The van der Waals surface area contributed by atoms with Crippen LogP contribution in [0.2, 0.25) is 5.02 Å². The number of carbonyl (C=O) groups excluding carboxylic acids is 3. The molecule has 4 aromatic rings. The topological polar surface area (TPSA) is 101 Å². The van der Waals surface area contributed by atoms with Gasteiger partial charge < -0.3 is 4.74 Å². The number of sulfonamides is 1. The van der Waals surface area contributed by atoms with Crippen molar-refractivity contribution in [1.82, 2.24) is 4.31 Å². The zero-order chi connectivity index (χ0) is 27.7. The van der Waals surface area contributed by atoms with Crippen LogP contribution in [0.5, 0.6) is 5.75 Å². The number of benzene rings is 4. The average Bonchev–Trinajstić information content (AvgIpc) is 3.21. The molecule has 1 heterocycles. The third-order valence-corrected chi connectivity index (χ3v) is 8.66. The number of imide groups is 1. The van der Waals surface area contributed by atoms with Gasteiger partial charge in [0.2, 0.25) is 15.9 Å². The summed E-state index contributed by atoms with van der Waals surface area (Å²) in [5.41, 5.74) is 0.733. The van der Waals surface area contributed by atoms with Crippen molar-refractivity contribution in [2.75, 3.05) is 4.90 Å². The molecule has 1 aliphatic rings. The lowest BCUT2D eigenvalue weighted by molar-refractivity contribution is -0.132. The summed E-state index contributed by atoms with van der Waals surface area (Å²) in [5.74, 6) is -1.49. The molecule has 1 saturated heterocycles. The van der Waals surface area contributed by atoms with E-state index in [1.54, 1.807) is 42.5 Å². The van der Waals surface area contributed by atoms with E-state index in [2.05, 4.69) is 0 Å². The number of hydrogen-bond donors (Lipinski definition) is 0. The van der Waals surface area contributed by atoms with Crippen molar-refractivity contribution >= 4 is 55.9 Å². The highest BCUT2D eigenvalue weighted by molar-refractivity contribution is 7.89. The van der Waals surface area contributed by atoms with Crippen LogP contribution in [-0.2, 0) is 31.0 Å². The molecule has 0 aromatic heterocycles. The van der Waals surface area contributed by atoms with E-state index in [4.69, 9.17) is 16.3 Å². The minimum atomic E-state index is -4.26. The van der Waals surface area contributed by atoms with E-state index in [0.29, 0.717) is 10.6 Å². The fraction of sp³-hybridized carbons (Fsp3) is 0.138. The van der Waals surface area contributed by atoms with Gasteiger partial charge in [-0.3, -0.25) is 14.4 Å². The van der Waals surface area contributed by atoms with Crippen molar-refractivity contribution < 1.29 is 27.5 Å². The Kier molecular flexibility index (Phi) is 7.22. The molecule has 8 nitrogen and oxygen atoms in total. The Morgan fingerprint density at radius 3 is 2.31 bits per heavy atom. The zero-order valence-corrected chi connectivity index (χ0v) is 22.4. The minimum absolute atomic E-state index is 0.00214. The fourth-order valence-electron chi connectivity index (χ4n) is 4.56. The Labute approximate surface area is 230 Å². The van der Waals surface area contributed by atoms with Crippen LogP contribution in [0.15, 0.2) is 95.9 Å². The van der Waals surface area contributed by atoms with Crippen molar-refractivity contribution in [3.8, 4) is 5.75 Å². The molecule has 198 valence electrons. The maximum absolute atomic E-state index is 14.1. The van der Waals surface area contributed by atoms with E-state index in [9.17, 15) is 22.8 Å². The number of carbonyl (C=O) groups is 3. The third-order valence-electron chi connectivity index (χ3n) is 6.44. The highest BCUT2D eigenvalue weighted by Crippen LogP contribution is 2.33. The van der Waals surface area contributed by atoms with Crippen molar-refractivity contribution in [3.63, 3.8) is 0 Å². The van der Waals surface area contributed by atoms with E-state index >= 15 is 0 Å². The predicted octanol–water partition coefficient (Wildman–Crippen LogP) is 4.94. The summed E-state index contributed by atoms with van der Waals surface area (Å²) >= 11 is 6.37. The molecule has 0 radical (unpaired) electrons. The van der Waals surface area contributed by atoms with Gasteiger partial charge in [-0.05, 0) is 58.8 Å². The number of hydrogen-bond acceptors (Lipinski definition) is 6. The van der Waals surface area contributed by atoms with E-state index in [1.165, 1.54) is 37.3 Å². The van der Waals surface area contributed by atoms with Crippen LogP contribution in [0.25, 0.3) is 10.8 Å². The molecule has 0 aliphatic carbocycles. The van der Waals surface area contributed by atoms with E-state index in [1.807, 2.05) is 18.2 Å². The van der Waals surface area contributed by atoms with Gasteiger partial charge in [0.25, 0.3) is 5.91 Å². The summed E-state index contributed by atoms with van der Waals surface area (Å²) in [5, 5.41) is 1.93. The first kappa shape index (κ1) is 26.6. The van der Waals surface area contributed by atoms with Crippen LogP contribution < -0.4 is 9.64 Å². The molecule has 10 heteroatoms. The van der Waals surface area contributed by atoms with E-state index in [-0.39, 0.29) is 29.3 Å². The Morgan fingerprint density at radius 2 is 1.62 bits per heavy atom. The first-order chi connectivity index (χ1) is 18.6. The first-order valence-electron chi connectivity index (χ1n) is 12.0. The molecule has 39 heavy (non-hydrogen) atoms. The standard InChI is InChI=1S/C29H23ClN2O6S/c1-19(33)38-24-13-11-23(12-14-24)32-28(34)17-27(29(32)35)31(18-22-8-4-5-9-26(22)30)39(36,37)25-15-10-20-6-2-3-7-21(20)16-25/h2-16,27H,17-18H2,1H3. The summed E-state index contributed by atoms with van der Waals surface area (Å²) in [7, 11) is -4.26. The van der Waals surface area contributed by atoms with Gasteiger partial charge in [-0.2, -0.15) is 4.31 Å². The smallest absolute Gasteiger partial charge is 0.308 e. The fourth-order valence-corrected chi connectivity index (χ4v) is 6.35. The number of ether oxygens (including phenoxy) is 1. The SMILES string of the molecule is CC(=O)Oc1ccc(N2C(=O)CC(N(Cc3ccccc3Cl)S(=O)(=O)c3ccc4ccccc4c3)C2=O)cc1. The van der Waals surface area contributed by atoms with Crippen molar-refractivity contribution in [1.29, 1.82) is 0 Å². The van der Waals surface area contributed by atoms with Gasteiger partial charge in [-0.15, -0.1) is 0 Å². The van der Waals surface area contributed by atoms with Crippen molar-refractivity contribution in [2.24, 2.45) is 0 Å². The molecular weight excluding hydrogens is 540 g/mol. The zero-order valence-electron chi connectivity index (χ0n) is 20.8. The van der Waals surface area contributed by atoms with Crippen molar-refractivity contribution in [2.45, 2.75) is 30.8 Å². The second-order valence-electron chi connectivity index (χ2n) is 9.03. The van der Waals surface area contributed by atoms with Gasteiger partial charge in [0, 0.05) is 18.5 Å². The average molecular weight is 563 g/mol. The molecular formula is C29H23ClN2O6S. The first-order valence-corrected chi connectivity index (χ1v) is 13.9. The number of rotatable bonds is 7. The van der Waals surface area contributed by atoms with Gasteiger partial charge in [0.15, 0.2) is 0 Å². The van der Waals surface area contributed by atoms with Crippen LogP contribution in [0, 0.1) is 0 Å². The molecule has 1 aliphatic heterocycles. The van der Waals surface area contributed by atoms with Gasteiger partial charge >= 0.3 is 5.97 Å². The number of anilines is 1. The van der Waals surface area contributed by atoms with Gasteiger partial charge in [-0.1, -0.05) is 60.1 Å².